The summed E-state index contributed by atoms with van der Waals surface area (Å²) in [6, 6.07) is 14.9. The van der Waals surface area contributed by atoms with Crippen molar-refractivity contribution < 1.29 is 19.2 Å². The standard InChI is InChI=1S/C20H22N2O5/c1-3-14(2)19(15-8-5-4-6-9-15)20(24)27-13-18(23)21-16-10-7-11-17(12-16)22(25)26/h4-12,14,19H,3,13H2,1-2H3,(H,21,23)/t14-,19-/m0/s1. The summed E-state index contributed by atoms with van der Waals surface area (Å²) >= 11 is 0. The summed E-state index contributed by atoms with van der Waals surface area (Å²) in [5.74, 6) is -1.42. The lowest BCUT2D eigenvalue weighted by molar-refractivity contribution is -0.384. The number of esters is 1. The Kier molecular flexibility index (Phi) is 7.05. The number of ether oxygens (including phenoxy) is 1. The zero-order chi connectivity index (χ0) is 19.8. The highest BCUT2D eigenvalue weighted by molar-refractivity contribution is 5.93. The molecule has 7 nitrogen and oxygen atoms in total. The van der Waals surface area contributed by atoms with E-state index in [-0.39, 0.29) is 17.3 Å². The molecule has 0 fully saturated rings. The van der Waals surface area contributed by atoms with E-state index < -0.39 is 29.3 Å². The van der Waals surface area contributed by atoms with Gasteiger partial charge in [-0.05, 0) is 17.5 Å². The van der Waals surface area contributed by atoms with Crippen LogP contribution in [-0.4, -0.2) is 23.4 Å². The summed E-state index contributed by atoms with van der Waals surface area (Å²) in [6.45, 7) is 3.49. The number of carbonyl (C=O) groups is 2. The number of nitro groups is 1. The Morgan fingerprint density at radius 1 is 1.15 bits per heavy atom. The third-order valence-electron chi connectivity index (χ3n) is 4.31. The minimum Gasteiger partial charge on any atom is -0.455 e. The van der Waals surface area contributed by atoms with Crippen molar-refractivity contribution in [2.24, 2.45) is 5.92 Å². The highest BCUT2D eigenvalue weighted by Gasteiger charge is 2.27. The van der Waals surface area contributed by atoms with Crippen molar-refractivity contribution in [3.63, 3.8) is 0 Å². The van der Waals surface area contributed by atoms with Gasteiger partial charge < -0.3 is 10.1 Å². The van der Waals surface area contributed by atoms with Gasteiger partial charge >= 0.3 is 5.97 Å². The van der Waals surface area contributed by atoms with Gasteiger partial charge in [0.25, 0.3) is 11.6 Å². The van der Waals surface area contributed by atoms with Gasteiger partial charge in [0.1, 0.15) is 0 Å². The molecule has 0 radical (unpaired) electrons. The molecule has 0 bridgehead atoms. The van der Waals surface area contributed by atoms with Crippen LogP contribution in [0.4, 0.5) is 11.4 Å². The molecule has 1 N–H and O–H groups in total. The quantitative estimate of drug-likeness (QED) is 0.431. The van der Waals surface area contributed by atoms with Gasteiger partial charge in [-0.2, -0.15) is 0 Å². The van der Waals surface area contributed by atoms with Gasteiger partial charge in [-0.3, -0.25) is 19.7 Å². The molecule has 7 heteroatoms. The van der Waals surface area contributed by atoms with Crippen LogP contribution in [0.5, 0.6) is 0 Å². The van der Waals surface area contributed by atoms with Gasteiger partial charge in [0.2, 0.25) is 0 Å². The van der Waals surface area contributed by atoms with Crippen molar-refractivity contribution >= 4 is 23.3 Å². The number of nitro benzene ring substituents is 1. The number of nitrogens with one attached hydrogen (secondary N) is 1. The Labute approximate surface area is 157 Å². The number of hydrogen-bond acceptors (Lipinski definition) is 5. The average Bonchev–Trinajstić information content (AvgIpc) is 2.67. The molecule has 0 aliphatic heterocycles. The van der Waals surface area contributed by atoms with Gasteiger partial charge in [0.05, 0.1) is 10.8 Å². The second-order valence-electron chi connectivity index (χ2n) is 6.24. The maximum Gasteiger partial charge on any atom is 0.314 e. The van der Waals surface area contributed by atoms with Crippen LogP contribution in [0.1, 0.15) is 31.7 Å². The van der Waals surface area contributed by atoms with Gasteiger partial charge in [0, 0.05) is 17.8 Å². The Morgan fingerprint density at radius 3 is 2.48 bits per heavy atom. The summed E-state index contributed by atoms with van der Waals surface area (Å²) < 4.78 is 5.21. The lowest BCUT2D eigenvalue weighted by Gasteiger charge is -2.21. The molecular formula is C20H22N2O5. The Bertz CT molecular complexity index is 807. The summed E-state index contributed by atoms with van der Waals surface area (Å²) in [4.78, 5) is 34.8. The molecule has 1 amide bonds. The van der Waals surface area contributed by atoms with E-state index in [2.05, 4.69) is 5.32 Å². The van der Waals surface area contributed by atoms with Crippen LogP contribution in [-0.2, 0) is 14.3 Å². The second-order valence-corrected chi connectivity index (χ2v) is 6.24. The minimum absolute atomic E-state index is 0.0553. The smallest absolute Gasteiger partial charge is 0.314 e. The number of nitrogens with zero attached hydrogens (tertiary/aromatic N) is 1. The second kappa shape index (κ2) is 9.47. The minimum atomic E-state index is -0.556. The summed E-state index contributed by atoms with van der Waals surface area (Å²) in [5, 5.41) is 13.3. The molecule has 27 heavy (non-hydrogen) atoms. The SMILES string of the molecule is CC[C@H](C)[C@H](C(=O)OCC(=O)Nc1cccc([N+](=O)[O-])c1)c1ccccc1. The van der Waals surface area contributed by atoms with Crippen LogP contribution in [0, 0.1) is 16.0 Å². The molecule has 2 rings (SSSR count). The van der Waals surface area contributed by atoms with Crippen LogP contribution >= 0.6 is 0 Å². The zero-order valence-corrected chi connectivity index (χ0v) is 15.3. The van der Waals surface area contributed by atoms with E-state index in [0.29, 0.717) is 0 Å². The van der Waals surface area contributed by atoms with Crippen LogP contribution in [0.15, 0.2) is 54.6 Å². The highest BCUT2D eigenvalue weighted by Crippen LogP contribution is 2.28. The molecule has 0 aliphatic rings. The molecule has 0 saturated heterocycles. The third-order valence-corrected chi connectivity index (χ3v) is 4.31. The van der Waals surface area contributed by atoms with Crippen molar-refractivity contribution in [2.45, 2.75) is 26.2 Å². The van der Waals surface area contributed by atoms with Crippen LogP contribution in [0.3, 0.4) is 0 Å². The molecule has 2 aromatic rings. The number of hydrogen-bond donors (Lipinski definition) is 1. The lowest BCUT2D eigenvalue weighted by Crippen LogP contribution is -2.26. The first-order chi connectivity index (χ1) is 12.9. The Balaban J connectivity index is 1.99. The largest absolute Gasteiger partial charge is 0.455 e. The van der Waals surface area contributed by atoms with Crippen molar-refractivity contribution in [3.8, 4) is 0 Å². The van der Waals surface area contributed by atoms with Gasteiger partial charge in [-0.1, -0.05) is 56.7 Å². The maximum atomic E-state index is 12.6. The Hall–Kier alpha value is -3.22. The van der Waals surface area contributed by atoms with E-state index in [1.165, 1.54) is 24.3 Å². The first kappa shape index (κ1) is 20.1. The summed E-state index contributed by atoms with van der Waals surface area (Å²) in [7, 11) is 0. The molecule has 0 heterocycles. The third kappa shape index (κ3) is 5.64. The van der Waals surface area contributed by atoms with Crippen molar-refractivity contribution in [1.29, 1.82) is 0 Å². The van der Waals surface area contributed by atoms with Crippen molar-refractivity contribution in [3.05, 3.63) is 70.3 Å². The molecule has 0 aromatic heterocycles. The molecule has 2 atom stereocenters. The van der Waals surface area contributed by atoms with Gasteiger partial charge in [0.15, 0.2) is 6.61 Å². The lowest BCUT2D eigenvalue weighted by atomic mass is 9.86. The Morgan fingerprint density at radius 2 is 1.85 bits per heavy atom. The number of anilines is 1. The fraction of sp³-hybridized carbons (Fsp3) is 0.300. The van der Waals surface area contributed by atoms with Crippen molar-refractivity contribution in [1.82, 2.24) is 0 Å². The van der Waals surface area contributed by atoms with Crippen molar-refractivity contribution in [2.75, 3.05) is 11.9 Å². The van der Waals surface area contributed by atoms with Crippen LogP contribution in [0.2, 0.25) is 0 Å². The van der Waals surface area contributed by atoms with E-state index in [0.717, 1.165) is 12.0 Å². The average molecular weight is 370 g/mol. The predicted octanol–water partition coefficient (Wildman–Crippen LogP) is 3.91. The monoisotopic (exact) mass is 370 g/mol. The predicted molar refractivity (Wildman–Crippen MR) is 101 cm³/mol. The molecule has 2 aromatic carbocycles. The van der Waals surface area contributed by atoms with E-state index in [1.807, 2.05) is 44.2 Å². The normalized spacial score (nSPS) is 12.7. The fourth-order valence-electron chi connectivity index (χ4n) is 2.71. The van der Waals surface area contributed by atoms with E-state index in [9.17, 15) is 19.7 Å². The first-order valence-electron chi connectivity index (χ1n) is 8.68. The van der Waals surface area contributed by atoms with Gasteiger partial charge in [-0.25, -0.2) is 0 Å². The molecule has 142 valence electrons. The number of rotatable bonds is 8. The first-order valence-corrected chi connectivity index (χ1v) is 8.68. The maximum absolute atomic E-state index is 12.6. The number of benzene rings is 2. The molecule has 0 spiro atoms. The van der Waals surface area contributed by atoms with E-state index in [4.69, 9.17) is 4.74 Å². The van der Waals surface area contributed by atoms with Crippen LogP contribution in [0.25, 0.3) is 0 Å². The highest BCUT2D eigenvalue weighted by atomic mass is 16.6. The van der Waals surface area contributed by atoms with Crippen LogP contribution < -0.4 is 5.32 Å². The van der Waals surface area contributed by atoms with E-state index in [1.54, 1.807) is 0 Å². The summed E-state index contributed by atoms with van der Waals surface area (Å²) in [6.07, 6.45) is 0.786. The topological polar surface area (TPSA) is 98.5 Å². The molecule has 0 unspecified atom stereocenters. The van der Waals surface area contributed by atoms with E-state index >= 15 is 0 Å². The molecule has 0 aliphatic carbocycles. The molecular weight excluding hydrogens is 348 g/mol. The van der Waals surface area contributed by atoms with Gasteiger partial charge in [-0.15, -0.1) is 0 Å². The summed E-state index contributed by atoms with van der Waals surface area (Å²) in [5.41, 5.74) is 0.980. The number of non-ortho nitro benzene ring substituents is 1. The number of amides is 1. The molecule has 0 saturated carbocycles. The zero-order valence-electron chi connectivity index (χ0n) is 15.3. The number of carbonyl (C=O) groups excluding carboxylic acids is 2. The fourth-order valence-corrected chi connectivity index (χ4v) is 2.71.